The molecule has 0 radical (unpaired) electrons. The van der Waals surface area contributed by atoms with Crippen LogP contribution >= 0.6 is 11.8 Å². The molecule has 0 aromatic heterocycles. The first-order chi connectivity index (χ1) is 10.8. The summed E-state index contributed by atoms with van der Waals surface area (Å²) in [6, 6.07) is 7.81. The van der Waals surface area contributed by atoms with Gasteiger partial charge in [0, 0.05) is 18.7 Å². The van der Waals surface area contributed by atoms with Crippen LogP contribution in [0.5, 0.6) is 5.75 Å². The number of amidine groups is 1. The Kier molecular flexibility index (Phi) is 4.83. The summed E-state index contributed by atoms with van der Waals surface area (Å²) >= 11 is 1.48. The summed E-state index contributed by atoms with van der Waals surface area (Å²) in [5.74, 6) is 0.678. The predicted octanol–water partition coefficient (Wildman–Crippen LogP) is 3.54. The topological polar surface area (TPSA) is 41.9 Å². The number of benzene rings is 1. The first-order valence-electron chi connectivity index (χ1n) is 7.77. The third kappa shape index (κ3) is 3.35. The van der Waals surface area contributed by atoms with E-state index < -0.39 is 0 Å². The van der Waals surface area contributed by atoms with Crippen molar-refractivity contribution in [1.29, 1.82) is 0 Å². The van der Waals surface area contributed by atoms with Gasteiger partial charge in [0.1, 0.15) is 5.75 Å². The Morgan fingerprint density at radius 2 is 2.09 bits per heavy atom. The average Bonchev–Trinajstić information content (AvgIpc) is 3.17. The van der Waals surface area contributed by atoms with Crippen molar-refractivity contribution in [3.63, 3.8) is 0 Å². The van der Waals surface area contributed by atoms with Gasteiger partial charge in [-0.3, -0.25) is 4.79 Å². The van der Waals surface area contributed by atoms with E-state index in [1.54, 1.807) is 0 Å². The van der Waals surface area contributed by atoms with Crippen LogP contribution in [0.15, 0.2) is 34.2 Å². The number of likely N-dealkylation sites (tertiary alicyclic amines) is 1. The van der Waals surface area contributed by atoms with Gasteiger partial charge in [0.25, 0.3) is 5.91 Å². The number of carbonyl (C=O) groups excluding carboxylic acids is 1. The fourth-order valence-electron chi connectivity index (χ4n) is 2.53. The molecule has 4 nitrogen and oxygen atoms in total. The van der Waals surface area contributed by atoms with Gasteiger partial charge in [-0.1, -0.05) is 25.1 Å². The highest BCUT2D eigenvalue weighted by Gasteiger charge is 2.27. The van der Waals surface area contributed by atoms with E-state index in [-0.39, 0.29) is 5.91 Å². The van der Waals surface area contributed by atoms with E-state index in [2.05, 4.69) is 16.8 Å². The maximum absolute atomic E-state index is 12.1. The Morgan fingerprint density at radius 3 is 2.86 bits per heavy atom. The van der Waals surface area contributed by atoms with Gasteiger partial charge in [-0.25, -0.2) is 0 Å². The van der Waals surface area contributed by atoms with Crippen molar-refractivity contribution in [3.05, 3.63) is 34.7 Å². The Labute approximate surface area is 135 Å². The lowest BCUT2D eigenvalue weighted by atomic mass is 10.2. The normalized spacial score (nSPS) is 19.9. The standard InChI is InChI=1S/C17H20N2O2S/c1-2-11-21-14-8-4-3-7-13(14)12-15-16(20)18-17(22-15)19-9-5-6-10-19/h3-4,7-8,12H,2,5-6,9-11H2,1H3/b15-12+. The van der Waals surface area contributed by atoms with Crippen LogP contribution in [0.4, 0.5) is 0 Å². The Bertz CT molecular complexity index is 619. The Balaban J connectivity index is 1.77. The minimum atomic E-state index is -0.141. The van der Waals surface area contributed by atoms with Crippen molar-refractivity contribution in [1.82, 2.24) is 4.90 Å². The van der Waals surface area contributed by atoms with Gasteiger partial charge in [0.05, 0.1) is 11.5 Å². The molecular weight excluding hydrogens is 296 g/mol. The number of carbonyl (C=O) groups is 1. The summed E-state index contributed by atoms with van der Waals surface area (Å²) in [6.45, 7) is 4.76. The zero-order chi connectivity index (χ0) is 15.4. The maximum Gasteiger partial charge on any atom is 0.286 e. The van der Waals surface area contributed by atoms with Crippen LogP contribution in [-0.4, -0.2) is 35.7 Å². The number of aliphatic imine (C=N–C) groups is 1. The molecule has 1 saturated heterocycles. The number of para-hydroxylation sites is 1. The summed E-state index contributed by atoms with van der Waals surface area (Å²) in [6.07, 6.45) is 5.21. The fraction of sp³-hybridized carbons (Fsp3) is 0.412. The highest BCUT2D eigenvalue weighted by atomic mass is 32.2. The van der Waals surface area contributed by atoms with Crippen molar-refractivity contribution < 1.29 is 9.53 Å². The number of thioether (sulfide) groups is 1. The zero-order valence-corrected chi connectivity index (χ0v) is 13.6. The molecule has 0 N–H and O–H groups in total. The lowest BCUT2D eigenvalue weighted by Crippen LogP contribution is -2.23. The quantitative estimate of drug-likeness (QED) is 0.797. The second-order valence-corrected chi connectivity index (χ2v) is 6.40. The van der Waals surface area contributed by atoms with Crippen LogP contribution in [0.1, 0.15) is 31.7 Å². The number of amides is 1. The number of hydrogen-bond donors (Lipinski definition) is 0. The molecule has 1 amide bonds. The van der Waals surface area contributed by atoms with E-state index in [9.17, 15) is 4.79 Å². The van der Waals surface area contributed by atoms with Crippen molar-refractivity contribution in [2.45, 2.75) is 26.2 Å². The molecule has 2 aliphatic rings. The molecule has 116 valence electrons. The SMILES string of the molecule is CCCOc1ccccc1/C=C1/SC(N2CCCC2)=NC1=O. The molecule has 0 spiro atoms. The number of ether oxygens (including phenoxy) is 1. The molecule has 0 saturated carbocycles. The first-order valence-corrected chi connectivity index (χ1v) is 8.59. The maximum atomic E-state index is 12.1. The van der Waals surface area contributed by atoms with Crippen LogP contribution in [0.25, 0.3) is 6.08 Å². The number of rotatable bonds is 4. The van der Waals surface area contributed by atoms with Crippen LogP contribution in [0.2, 0.25) is 0 Å². The predicted molar refractivity (Wildman–Crippen MR) is 91.0 cm³/mol. The minimum Gasteiger partial charge on any atom is -0.493 e. The van der Waals surface area contributed by atoms with E-state index >= 15 is 0 Å². The van der Waals surface area contributed by atoms with Gasteiger partial charge in [-0.2, -0.15) is 4.99 Å². The van der Waals surface area contributed by atoms with E-state index in [4.69, 9.17) is 4.74 Å². The molecule has 0 aliphatic carbocycles. The summed E-state index contributed by atoms with van der Waals surface area (Å²) in [4.78, 5) is 19.2. The molecule has 0 unspecified atom stereocenters. The van der Waals surface area contributed by atoms with E-state index in [1.807, 2.05) is 30.3 Å². The Morgan fingerprint density at radius 1 is 1.32 bits per heavy atom. The van der Waals surface area contributed by atoms with Gasteiger partial charge in [0.15, 0.2) is 5.17 Å². The van der Waals surface area contributed by atoms with Crippen molar-refractivity contribution in [2.75, 3.05) is 19.7 Å². The molecule has 1 aromatic carbocycles. The molecule has 2 heterocycles. The number of hydrogen-bond acceptors (Lipinski definition) is 4. The van der Waals surface area contributed by atoms with E-state index in [0.29, 0.717) is 11.5 Å². The highest BCUT2D eigenvalue weighted by molar-refractivity contribution is 8.18. The lowest BCUT2D eigenvalue weighted by molar-refractivity contribution is -0.113. The molecule has 2 aliphatic heterocycles. The van der Waals surface area contributed by atoms with Crippen molar-refractivity contribution in [3.8, 4) is 5.75 Å². The van der Waals surface area contributed by atoms with Gasteiger partial charge < -0.3 is 9.64 Å². The monoisotopic (exact) mass is 316 g/mol. The molecule has 1 fully saturated rings. The smallest absolute Gasteiger partial charge is 0.286 e. The van der Waals surface area contributed by atoms with Gasteiger partial charge in [0.2, 0.25) is 0 Å². The summed E-state index contributed by atoms with van der Waals surface area (Å²) in [7, 11) is 0. The van der Waals surface area contributed by atoms with Crippen LogP contribution in [0.3, 0.4) is 0 Å². The molecule has 0 bridgehead atoms. The van der Waals surface area contributed by atoms with Gasteiger partial charge in [-0.05, 0) is 43.2 Å². The van der Waals surface area contributed by atoms with Gasteiger partial charge in [-0.15, -0.1) is 0 Å². The average molecular weight is 316 g/mol. The number of nitrogens with zero attached hydrogens (tertiary/aromatic N) is 2. The van der Waals surface area contributed by atoms with Crippen LogP contribution in [0, 0.1) is 0 Å². The highest BCUT2D eigenvalue weighted by Crippen LogP contribution is 2.33. The summed E-state index contributed by atoms with van der Waals surface area (Å²) in [5, 5.41) is 0.848. The van der Waals surface area contributed by atoms with E-state index in [1.165, 1.54) is 24.6 Å². The molecule has 1 aromatic rings. The molecule has 5 heteroatoms. The molecule has 3 rings (SSSR count). The molecular formula is C17H20N2O2S. The third-order valence-electron chi connectivity index (χ3n) is 3.65. The second-order valence-electron chi connectivity index (χ2n) is 5.39. The van der Waals surface area contributed by atoms with Crippen LogP contribution in [-0.2, 0) is 4.79 Å². The van der Waals surface area contributed by atoms with Crippen molar-refractivity contribution >= 4 is 28.9 Å². The zero-order valence-electron chi connectivity index (χ0n) is 12.7. The summed E-state index contributed by atoms with van der Waals surface area (Å²) in [5.41, 5.74) is 0.935. The van der Waals surface area contributed by atoms with E-state index in [0.717, 1.165) is 36.0 Å². The van der Waals surface area contributed by atoms with Crippen LogP contribution < -0.4 is 4.74 Å². The van der Waals surface area contributed by atoms with Crippen molar-refractivity contribution in [2.24, 2.45) is 4.99 Å². The fourth-order valence-corrected chi connectivity index (χ4v) is 3.48. The van der Waals surface area contributed by atoms with Gasteiger partial charge >= 0.3 is 0 Å². The Hall–Kier alpha value is -1.75. The molecule has 0 atom stereocenters. The third-order valence-corrected chi connectivity index (χ3v) is 4.70. The first kappa shape index (κ1) is 15.2. The lowest BCUT2D eigenvalue weighted by Gasteiger charge is -2.14. The second kappa shape index (κ2) is 7.01. The minimum absolute atomic E-state index is 0.141. The summed E-state index contributed by atoms with van der Waals surface area (Å²) < 4.78 is 5.75. The largest absolute Gasteiger partial charge is 0.493 e. The molecule has 22 heavy (non-hydrogen) atoms.